The Morgan fingerprint density at radius 2 is 2.27 bits per heavy atom. The third-order valence-electron chi connectivity index (χ3n) is 1.99. The number of H-pyrrole nitrogens is 2. The molecule has 2 rings (SSSR count). The maximum Gasteiger partial charge on any atom is 0.323 e. The zero-order chi connectivity index (χ0) is 10.8. The summed E-state index contributed by atoms with van der Waals surface area (Å²) in [6.07, 6.45) is -0.536. The van der Waals surface area contributed by atoms with Crippen molar-refractivity contribution in [3.63, 3.8) is 0 Å². The number of rotatable bonds is 3. The van der Waals surface area contributed by atoms with Crippen molar-refractivity contribution in [3.8, 4) is 5.75 Å². The molecule has 0 aliphatic carbocycles. The molecule has 5 heteroatoms. The van der Waals surface area contributed by atoms with Crippen LogP contribution in [-0.4, -0.2) is 27.8 Å². The van der Waals surface area contributed by atoms with Crippen molar-refractivity contribution in [1.29, 1.82) is 0 Å². The van der Waals surface area contributed by atoms with E-state index in [2.05, 4.69) is 9.97 Å². The number of para-hydroxylation sites is 1. The van der Waals surface area contributed by atoms with E-state index in [4.69, 9.17) is 9.84 Å². The molecule has 5 nitrogen and oxygen atoms in total. The van der Waals surface area contributed by atoms with Gasteiger partial charge in [-0.3, -0.25) is 0 Å². The van der Waals surface area contributed by atoms with Crippen molar-refractivity contribution >= 4 is 11.0 Å². The van der Waals surface area contributed by atoms with Gasteiger partial charge in [0.1, 0.15) is 17.9 Å². The highest BCUT2D eigenvalue weighted by Crippen LogP contribution is 2.20. The average molecular weight is 208 g/mol. The van der Waals surface area contributed by atoms with E-state index in [1.54, 1.807) is 25.1 Å². The largest absolute Gasteiger partial charge is 0.489 e. The first-order valence-electron chi connectivity index (χ1n) is 4.68. The number of aromatic nitrogens is 2. The number of aliphatic hydroxyl groups excluding tert-OH is 1. The first kappa shape index (κ1) is 9.79. The van der Waals surface area contributed by atoms with Crippen LogP contribution in [0.4, 0.5) is 0 Å². The third kappa shape index (κ3) is 2.02. The van der Waals surface area contributed by atoms with Crippen LogP contribution in [0.25, 0.3) is 11.0 Å². The van der Waals surface area contributed by atoms with Gasteiger partial charge in [0.05, 0.1) is 11.6 Å². The predicted octanol–water partition coefficient (Wildman–Crippen LogP) is 0.616. The number of benzene rings is 1. The third-order valence-corrected chi connectivity index (χ3v) is 1.99. The molecule has 0 bridgehead atoms. The Bertz CT molecular complexity index is 513. The van der Waals surface area contributed by atoms with Gasteiger partial charge in [-0.2, -0.15) is 0 Å². The SMILES string of the molecule is CC(O)COc1cccc2[nH]c(=O)[nH]c12. The number of fused-ring (bicyclic) bond motifs is 1. The highest BCUT2D eigenvalue weighted by molar-refractivity contribution is 5.80. The van der Waals surface area contributed by atoms with E-state index in [1.165, 1.54) is 0 Å². The Kier molecular flexibility index (Phi) is 2.47. The molecule has 80 valence electrons. The highest BCUT2D eigenvalue weighted by atomic mass is 16.5. The lowest BCUT2D eigenvalue weighted by molar-refractivity contribution is 0.123. The molecule has 0 aliphatic rings. The summed E-state index contributed by atoms with van der Waals surface area (Å²) in [4.78, 5) is 16.3. The van der Waals surface area contributed by atoms with Gasteiger partial charge in [-0.1, -0.05) is 6.07 Å². The van der Waals surface area contributed by atoms with Gasteiger partial charge in [0.15, 0.2) is 0 Å². The monoisotopic (exact) mass is 208 g/mol. The van der Waals surface area contributed by atoms with Crippen LogP contribution in [-0.2, 0) is 0 Å². The number of imidazole rings is 1. The normalized spacial score (nSPS) is 12.9. The lowest BCUT2D eigenvalue weighted by Gasteiger charge is -2.08. The molecule has 1 aromatic heterocycles. The molecule has 0 spiro atoms. The van der Waals surface area contributed by atoms with Crippen molar-refractivity contribution in [2.24, 2.45) is 0 Å². The Hall–Kier alpha value is -1.75. The summed E-state index contributed by atoms with van der Waals surface area (Å²) in [6.45, 7) is 1.84. The lowest BCUT2D eigenvalue weighted by atomic mass is 10.3. The Labute approximate surface area is 85.7 Å². The second-order valence-electron chi connectivity index (χ2n) is 3.42. The van der Waals surface area contributed by atoms with Crippen LogP contribution in [0.5, 0.6) is 5.75 Å². The minimum absolute atomic E-state index is 0.201. The van der Waals surface area contributed by atoms with E-state index in [0.29, 0.717) is 16.8 Å². The van der Waals surface area contributed by atoms with Crippen molar-refractivity contribution in [2.45, 2.75) is 13.0 Å². The minimum Gasteiger partial charge on any atom is -0.489 e. The summed E-state index contributed by atoms with van der Waals surface area (Å²) in [5, 5.41) is 9.09. The van der Waals surface area contributed by atoms with Crippen LogP contribution in [0.1, 0.15) is 6.92 Å². The molecule has 15 heavy (non-hydrogen) atoms. The second-order valence-corrected chi connectivity index (χ2v) is 3.42. The number of hydrogen-bond acceptors (Lipinski definition) is 3. The molecular formula is C10H12N2O3. The molecule has 0 saturated carbocycles. The number of ether oxygens (including phenoxy) is 1. The topological polar surface area (TPSA) is 78.1 Å². The summed E-state index contributed by atoms with van der Waals surface area (Å²) in [7, 11) is 0. The van der Waals surface area contributed by atoms with Crippen molar-refractivity contribution < 1.29 is 9.84 Å². The minimum atomic E-state index is -0.536. The first-order valence-corrected chi connectivity index (χ1v) is 4.68. The molecular weight excluding hydrogens is 196 g/mol. The van der Waals surface area contributed by atoms with Crippen molar-refractivity contribution in [3.05, 3.63) is 28.7 Å². The molecule has 0 radical (unpaired) electrons. The predicted molar refractivity (Wildman–Crippen MR) is 56.1 cm³/mol. The fourth-order valence-electron chi connectivity index (χ4n) is 1.36. The van der Waals surface area contributed by atoms with Gasteiger partial charge in [0, 0.05) is 0 Å². The van der Waals surface area contributed by atoms with Crippen LogP contribution in [0.15, 0.2) is 23.0 Å². The lowest BCUT2D eigenvalue weighted by Crippen LogP contribution is -2.12. The van der Waals surface area contributed by atoms with Crippen LogP contribution >= 0.6 is 0 Å². The van der Waals surface area contributed by atoms with Gasteiger partial charge >= 0.3 is 5.69 Å². The summed E-state index contributed by atoms with van der Waals surface area (Å²) in [5.41, 5.74) is 1.06. The zero-order valence-electron chi connectivity index (χ0n) is 8.28. The Balaban J connectivity index is 2.37. The van der Waals surface area contributed by atoms with E-state index >= 15 is 0 Å². The van der Waals surface area contributed by atoms with E-state index in [0.717, 1.165) is 0 Å². The van der Waals surface area contributed by atoms with Crippen LogP contribution in [0, 0.1) is 0 Å². The molecule has 0 fully saturated rings. The molecule has 1 heterocycles. The number of nitrogens with one attached hydrogen (secondary N) is 2. The van der Waals surface area contributed by atoms with Crippen LogP contribution in [0.3, 0.4) is 0 Å². The average Bonchev–Trinajstić information content (AvgIpc) is 2.55. The maximum atomic E-state index is 11.1. The Morgan fingerprint density at radius 1 is 1.47 bits per heavy atom. The van der Waals surface area contributed by atoms with E-state index in [-0.39, 0.29) is 12.3 Å². The van der Waals surface area contributed by atoms with Gasteiger partial charge < -0.3 is 19.8 Å². The van der Waals surface area contributed by atoms with E-state index in [9.17, 15) is 4.79 Å². The van der Waals surface area contributed by atoms with E-state index < -0.39 is 6.10 Å². The molecule has 2 aromatic rings. The summed E-state index contributed by atoms with van der Waals surface area (Å²) < 4.78 is 5.35. The fourth-order valence-corrected chi connectivity index (χ4v) is 1.36. The van der Waals surface area contributed by atoms with E-state index in [1.807, 2.05) is 0 Å². The fraction of sp³-hybridized carbons (Fsp3) is 0.300. The van der Waals surface area contributed by atoms with Gasteiger partial charge in [-0.05, 0) is 19.1 Å². The first-order chi connectivity index (χ1) is 7.16. The second kappa shape index (κ2) is 3.78. The van der Waals surface area contributed by atoms with Gasteiger partial charge in [0.25, 0.3) is 0 Å². The summed E-state index contributed by atoms with van der Waals surface area (Å²) >= 11 is 0. The van der Waals surface area contributed by atoms with Crippen LogP contribution in [0.2, 0.25) is 0 Å². The molecule has 3 N–H and O–H groups in total. The number of aromatic amines is 2. The molecule has 0 amide bonds. The van der Waals surface area contributed by atoms with Crippen LogP contribution < -0.4 is 10.4 Å². The van der Waals surface area contributed by atoms with Crippen molar-refractivity contribution in [2.75, 3.05) is 6.61 Å². The zero-order valence-corrected chi connectivity index (χ0v) is 8.28. The van der Waals surface area contributed by atoms with Gasteiger partial charge in [0.2, 0.25) is 0 Å². The van der Waals surface area contributed by atoms with Gasteiger partial charge in [-0.25, -0.2) is 4.79 Å². The van der Waals surface area contributed by atoms with Crippen molar-refractivity contribution in [1.82, 2.24) is 9.97 Å². The quantitative estimate of drug-likeness (QED) is 0.691. The number of aliphatic hydroxyl groups is 1. The molecule has 0 aliphatic heterocycles. The molecule has 1 atom stereocenters. The molecule has 1 unspecified atom stereocenters. The van der Waals surface area contributed by atoms with Gasteiger partial charge in [-0.15, -0.1) is 0 Å². The maximum absolute atomic E-state index is 11.1. The number of hydrogen-bond donors (Lipinski definition) is 3. The summed E-state index contributed by atoms with van der Waals surface area (Å²) in [5.74, 6) is 0.562. The smallest absolute Gasteiger partial charge is 0.323 e. The Morgan fingerprint density at radius 3 is 3.00 bits per heavy atom. The highest BCUT2D eigenvalue weighted by Gasteiger charge is 2.05. The molecule has 1 aromatic carbocycles. The standard InChI is InChI=1S/C10H12N2O3/c1-6(13)5-15-8-4-2-3-7-9(8)12-10(14)11-7/h2-4,6,13H,5H2,1H3,(H2,11,12,14). The molecule has 0 saturated heterocycles. The summed E-state index contributed by atoms with van der Waals surface area (Å²) in [6, 6.07) is 5.31.